The van der Waals surface area contributed by atoms with Crippen LogP contribution in [0.4, 0.5) is 5.69 Å². The molecule has 0 bridgehead atoms. The highest BCUT2D eigenvalue weighted by atomic mass is 32.2. The topological polar surface area (TPSA) is 52.0 Å². The van der Waals surface area contributed by atoms with Crippen molar-refractivity contribution >= 4 is 17.4 Å². The summed E-state index contributed by atoms with van der Waals surface area (Å²) in [4.78, 5) is 4.02. The summed E-state index contributed by atoms with van der Waals surface area (Å²) in [5.41, 5.74) is 7.58. The van der Waals surface area contributed by atoms with Crippen LogP contribution < -0.4 is 5.73 Å². The van der Waals surface area contributed by atoms with Crippen LogP contribution in [-0.4, -0.2) is 4.98 Å². The van der Waals surface area contributed by atoms with Crippen molar-refractivity contribution in [1.82, 2.24) is 4.98 Å². The van der Waals surface area contributed by atoms with Gasteiger partial charge in [0.25, 0.3) is 5.22 Å². The molecule has 0 aliphatic rings. The zero-order chi connectivity index (χ0) is 9.80. The van der Waals surface area contributed by atoms with E-state index >= 15 is 0 Å². The lowest BCUT2D eigenvalue weighted by Gasteiger charge is -1.98. The third-order valence-electron chi connectivity index (χ3n) is 1.75. The van der Waals surface area contributed by atoms with E-state index in [1.54, 1.807) is 24.2 Å². The summed E-state index contributed by atoms with van der Waals surface area (Å²) >= 11 is 1.57. The van der Waals surface area contributed by atoms with Crippen LogP contribution in [0.3, 0.4) is 0 Å². The lowest BCUT2D eigenvalue weighted by Crippen LogP contribution is -1.85. The van der Waals surface area contributed by atoms with Gasteiger partial charge in [0.15, 0.2) is 0 Å². The average molecular weight is 206 g/mol. The Labute approximate surface area is 86.3 Å². The van der Waals surface area contributed by atoms with Crippen LogP contribution in [0.1, 0.15) is 5.56 Å². The minimum Gasteiger partial charge on any atom is -0.440 e. The number of nitrogens with two attached hydrogens (primary N) is 1. The van der Waals surface area contributed by atoms with Crippen LogP contribution in [0, 0.1) is 0 Å². The molecule has 0 unspecified atom stereocenters. The van der Waals surface area contributed by atoms with E-state index in [4.69, 9.17) is 10.2 Å². The van der Waals surface area contributed by atoms with Gasteiger partial charge in [-0.2, -0.15) is 0 Å². The van der Waals surface area contributed by atoms with Crippen molar-refractivity contribution in [1.29, 1.82) is 0 Å². The van der Waals surface area contributed by atoms with E-state index in [-0.39, 0.29) is 0 Å². The molecule has 14 heavy (non-hydrogen) atoms. The molecule has 2 aromatic rings. The Bertz CT molecular complexity index is 383. The van der Waals surface area contributed by atoms with Gasteiger partial charge >= 0.3 is 0 Å². The van der Waals surface area contributed by atoms with Crippen LogP contribution in [0.2, 0.25) is 0 Å². The zero-order valence-corrected chi connectivity index (χ0v) is 8.33. The molecule has 1 aromatic heterocycles. The number of nitrogens with zero attached hydrogens (tertiary/aromatic N) is 1. The van der Waals surface area contributed by atoms with E-state index in [1.165, 1.54) is 5.56 Å². The Balaban J connectivity index is 1.95. The van der Waals surface area contributed by atoms with E-state index in [0.717, 1.165) is 11.4 Å². The molecule has 0 spiro atoms. The third-order valence-corrected chi connectivity index (χ3v) is 2.68. The normalized spacial score (nSPS) is 10.3. The highest BCUT2D eigenvalue weighted by molar-refractivity contribution is 7.98. The molecule has 3 nitrogen and oxygen atoms in total. The molecule has 0 aliphatic carbocycles. The number of thioether (sulfide) groups is 1. The minimum absolute atomic E-state index is 0.696. The Morgan fingerprint density at radius 1 is 1.29 bits per heavy atom. The lowest BCUT2D eigenvalue weighted by molar-refractivity contribution is 0.454. The number of anilines is 1. The predicted molar refractivity (Wildman–Crippen MR) is 56.9 cm³/mol. The van der Waals surface area contributed by atoms with Crippen molar-refractivity contribution in [3.05, 3.63) is 42.3 Å². The highest BCUT2D eigenvalue weighted by Gasteiger charge is 1.99. The van der Waals surface area contributed by atoms with Crippen molar-refractivity contribution in [2.24, 2.45) is 0 Å². The van der Waals surface area contributed by atoms with Crippen LogP contribution >= 0.6 is 11.8 Å². The second kappa shape index (κ2) is 4.19. The van der Waals surface area contributed by atoms with E-state index in [9.17, 15) is 0 Å². The Morgan fingerprint density at radius 3 is 2.71 bits per heavy atom. The van der Waals surface area contributed by atoms with Crippen LogP contribution in [0.15, 0.2) is 46.4 Å². The predicted octanol–water partition coefficient (Wildman–Crippen LogP) is 2.55. The Kier molecular flexibility index (Phi) is 2.74. The third kappa shape index (κ3) is 2.29. The molecule has 72 valence electrons. The molecule has 1 aromatic carbocycles. The van der Waals surface area contributed by atoms with Gasteiger partial charge in [0.2, 0.25) is 0 Å². The smallest absolute Gasteiger partial charge is 0.255 e. The summed E-state index contributed by atoms with van der Waals surface area (Å²) in [6.45, 7) is 0. The number of aromatic nitrogens is 1. The first-order valence-corrected chi connectivity index (χ1v) is 5.20. The number of oxazole rings is 1. The molecule has 2 N–H and O–H groups in total. The van der Waals surface area contributed by atoms with E-state index in [1.807, 2.05) is 24.3 Å². The van der Waals surface area contributed by atoms with Gasteiger partial charge in [-0.05, 0) is 17.7 Å². The highest BCUT2D eigenvalue weighted by Crippen LogP contribution is 2.20. The van der Waals surface area contributed by atoms with Crippen LogP contribution in [0.5, 0.6) is 0 Å². The fraction of sp³-hybridized carbons (Fsp3) is 0.100. The van der Waals surface area contributed by atoms with E-state index in [2.05, 4.69) is 4.98 Å². The van der Waals surface area contributed by atoms with Crippen molar-refractivity contribution in [2.45, 2.75) is 11.0 Å². The fourth-order valence-electron chi connectivity index (χ4n) is 1.04. The molecule has 0 atom stereocenters. The second-order valence-electron chi connectivity index (χ2n) is 2.83. The molecule has 0 amide bonds. The number of benzene rings is 1. The van der Waals surface area contributed by atoms with Gasteiger partial charge in [0.05, 0.1) is 6.20 Å². The number of rotatable bonds is 3. The Hall–Kier alpha value is -1.42. The molecule has 0 aliphatic heterocycles. The van der Waals surface area contributed by atoms with Gasteiger partial charge < -0.3 is 10.2 Å². The van der Waals surface area contributed by atoms with Gasteiger partial charge in [0.1, 0.15) is 6.26 Å². The van der Waals surface area contributed by atoms with Crippen molar-refractivity contribution in [2.75, 3.05) is 5.73 Å². The first-order valence-electron chi connectivity index (χ1n) is 4.21. The first kappa shape index (κ1) is 9.15. The number of hydrogen-bond acceptors (Lipinski definition) is 4. The van der Waals surface area contributed by atoms with Crippen LogP contribution in [-0.2, 0) is 5.75 Å². The maximum Gasteiger partial charge on any atom is 0.255 e. The molecule has 1 heterocycles. The molecule has 0 saturated heterocycles. The van der Waals surface area contributed by atoms with Crippen molar-refractivity contribution in [3.63, 3.8) is 0 Å². The molecular formula is C10H10N2OS. The summed E-state index contributed by atoms with van der Waals surface area (Å²) < 4.78 is 5.11. The lowest BCUT2D eigenvalue weighted by atomic mass is 10.2. The van der Waals surface area contributed by atoms with Gasteiger partial charge in [-0.1, -0.05) is 23.9 Å². The largest absolute Gasteiger partial charge is 0.440 e. The summed E-state index contributed by atoms with van der Waals surface area (Å²) in [6, 6.07) is 7.80. The van der Waals surface area contributed by atoms with Gasteiger partial charge in [-0.3, -0.25) is 0 Å². The number of nitrogen functional groups attached to an aromatic ring is 1. The standard InChI is InChI=1S/C10H10N2OS/c11-9-3-1-8(2-4-9)7-14-10-12-5-6-13-10/h1-6H,7,11H2. The SMILES string of the molecule is Nc1ccc(CSc2ncco2)cc1. The van der Waals surface area contributed by atoms with Gasteiger partial charge in [0, 0.05) is 11.4 Å². The summed E-state index contributed by atoms with van der Waals surface area (Å²) in [5, 5.41) is 0.696. The quantitative estimate of drug-likeness (QED) is 0.619. The maximum absolute atomic E-state index is 5.58. The summed E-state index contributed by atoms with van der Waals surface area (Å²) in [5.74, 6) is 0.848. The molecule has 0 fully saturated rings. The Morgan fingerprint density at radius 2 is 2.07 bits per heavy atom. The second-order valence-corrected chi connectivity index (χ2v) is 3.75. The fourth-order valence-corrected chi connectivity index (χ4v) is 1.78. The maximum atomic E-state index is 5.58. The van der Waals surface area contributed by atoms with Crippen LogP contribution in [0.25, 0.3) is 0 Å². The molecule has 0 saturated carbocycles. The monoisotopic (exact) mass is 206 g/mol. The zero-order valence-electron chi connectivity index (χ0n) is 7.51. The van der Waals surface area contributed by atoms with E-state index in [0.29, 0.717) is 5.22 Å². The van der Waals surface area contributed by atoms with Crippen molar-refractivity contribution in [3.8, 4) is 0 Å². The molecular weight excluding hydrogens is 196 g/mol. The summed E-state index contributed by atoms with van der Waals surface area (Å²) in [7, 11) is 0. The van der Waals surface area contributed by atoms with Gasteiger partial charge in [-0.15, -0.1) is 0 Å². The first-order chi connectivity index (χ1) is 6.84. The van der Waals surface area contributed by atoms with E-state index < -0.39 is 0 Å². The van der Waals surface area contributed by atoms with Crippen molar-refractivity contribution < 1.29 is 4.42 Å². The number of hydrogen-bond donors (Lipinski definition) is 1. The summed E-state index contributed by atoms with van der Waals surface area (Å²) in [6.07, 6.45) is 3.22. The molecule has 2 rings (SSSR count). The molecule has 4 heteroatoms. The average Bonchev–Trinajstić information content (AvgIpc) is 2.70. The minimum atomic E-state index is 0.696. The van der Waals surface area contributed by atoms with Gasteiger partial charge in [-0.25, -0.2) is 4.98 Å². The molecule has 0 radical (unpaired) electrons.